The van der Waals surface area contributed by atoms with E-state index in [0.717, 1.165) is 37.3 Å². The highest BCUT2D eigenvalue weighted by molar-refractivity contribution is 7.07. The maximum Gasteiger partial charge on any atom is 0.293 e. The van der Waals surface area contributed by atoms with Crippen LogP contribution >= 0.6 is 11.3 Å². The van der Waals surface area contributed by atoms with E-state index in [1.54, 1.807) is 18.2 Å². The van der Waals surface area contributed by atoms with Crippen LogP contribution in [-0.4, -0.2) is 28.8 Å². The smallest absolute Gasteiger partial charge is 0.293 e. The Labute approximate surface area is 166 Å². The van der Waals surface area contributed by atoms with Gasteiger partial charge in [-0.2, -0.15) is 0 Å². The molecule has 1 aromatic heterocycles. The Morgan fingerprint density at radius 3 is 2.57 bits per heavy atom. The van der Waals surface area contributed by atoms with Gasteiger partial charge in [0.15, 0.2) is 5.78 Å². The molecule has 1 saturated heterocycles. The molecule has 0 atom stereocenters. The quantitative estimate of drug-likeness (QED) is 0.626. The van der Waals surface area contributed by atoms with E-state index >= 15 is 0 Å². The molecule has 0 spiro atoms. The van der Waals surface area contributed by atoms with E-state index in [1.807, 2.05) is 25.7 Å². The number of ketones is 1. The zero-order chi connectivity index (χ0) is 20.5. The molecule has 1 fully saturated rings. The highest BCUT2D eigenvalue weighted by Gasteiger charge is 2.22. The first-order chi connectivity index (χ1) is 13.1. The fraction of sp³-hybridized carbons (Fsp3) is 0.400. The van der Waals surface area contributed by atoms with Gasteiger partial charge in [-0.25, -0.2) is 0 Å². The Hall–Kier alpha value is -2.74. The minimum Gasteiger partial charge on any atom is -0.366 e. The number of nitrogens with zero attached hydrogens (tertiary/aromatic N) is 2. The van der Waals surface area contributed by atoms with E-state index in [-0.39, 0.29) is 22.0 Å². The van der Waals surface area contributed by atoms with Gasteiger partial charge in [-0.1, -0.05) is 26.8 Å². The van der Waals surface area contributed by atoms with Crippen molar-refractivity contribution < 1.29 is 9.72 Å². The number of hydrogen-bond donors (Lipinski definition) is 1. The second-order valence-corrected chi connectivity index (χ2v) is 8.97. The van der Waals surface area contributed by atoms with Gasteiger partial charge in [0.2, 0.25) is 0 Å². The summed E-state index contributed by atoms with van der Waals surface area (Å²) in [7, 11) is 0. The number of benzene rings is 1. The lowest BCUT2D eigenvalue weighted by Gasteiger charge is -2.17. The first-order valence-electron chi connectivity index (χ1n) is 9.15. The Bertz CT molecular complexity index is 1090. The van der Waals surface area contributed by atoms with Gasteiger partial charge in [-0.3, -0.25) is 19.7 Å². The molecule has 1 aromatic carbocycles. The molecule has 0 aliphatic carbocycles. The van der Waals surface area contributed by atoms with Crippen molar-refractivity contribution in [2.24, 2.45) is 5.41 Å². The minimum atomic E-state index is -0.531. The van der Waals surface area contributed by atoms with Crippen LogP contribution < -0.4 is 19.7 Å². The van der Waals surface area contributed by atoms with E-state index < -0.39 is 5.41 Å². The van der Waals surface area contributed by atoms with Crippen LogP contribution in [0.4, 0.5) is 11.4 Å². The van der Waals surface area contributed by atoms with Crippen LogP contribution in [0.1, 0.15) is 39.2 Å². The Morgan fingerprint density at radius 1 is 1.29 bits per heavy atom. The Balaban J connectivity index is 2.01. The molecule has 7 nitrogen and oxygen atoms in total. The van der Waals surface area contributed by atoms with E-state index in [4.69, 9.17) is 0 Å². The van der Waals surface area contributed by atoms with Crippen molar-refractivity contribution in [3.8, 4) is 0 Å². The SMILES string of the molecule is CC(C)(C)C(=O)/C=c1\[nH]c(=O)/c(=C\c2ccc(N3CCCC3)c([N+](=O)[O-])c2)s1. The fourth-order valence-electron chi connectivity index (χ4n) is 3.01. The standard InChI is InChI=1S/C20H23N3O4S/c1-20(2,3)17(24)12-18-21-19(25)16(28-18)11-13-6-7-14(15(10-13)23(26)27)22-8-4-5-9-22/h6-7,10-12H,4-5,8-9H2,1-3H3,(H,21,25)/b16-11+,18-12+. The summed E-state index contributed by atoms with van der Waals surface area (Å²) in [6.45, 7) is 7.06. The molecule has 8 heteroatoms. The van der Waals surface area contributed by atoms with Crippen LogP contribution in [0.3, 0.4) is 0 Å². The number of rotatable bonds is 4. The van der Waals surface area contributed by atoms with Crippen molar-refractivity contribution in [1.82, 2.24) is 4.98 Å². The number of nitrogens with one attached hydrogen (secondary N) is 1. The number of carbonyl (C=O) groups is 1. The van der Waals surface area contributed by atoms with Crippen LogP contribution in [-0.2, 0) is 4.79 Å². The number of nitro groups is 1. The lowest BCUT2D eigenvalue weighted by atomic mass is 9.91. The molecule has 2 aromatic rings. The van der Waals surface area contributed by atoms with Gasteiger partial charge in [-0.15, -0.1) is 11.3 Å². The van der Waals surface area contributed by atoms with Crippen LogP contribution in [0.2, 0.25) is 0 Å². The average molecular weight is 401 g/mol. The van der Waals surface area contributed by atoms with E-state index in [1.165, 1.54) is 12.1 Å². The third kappa shape index (κ3) is 4.39. The first kappa shape index (κ1) is 20.0. The molecule has 0 saturated carbocycles. The summed E-state index contributed by atoms with van der Waals surface area (Å²) in [4.78, 5) is 40.2. The highest BCUT2D eigenvalue weighted by atomic mass is 32.1. The number of anilines is 1. The van der Waals surface area contributed by atoms with Crippen molar-refractivity contribution in [1.29, 1.82) is 0 Å². The van der Waals surface area contributed by atoms with Gasteiger partial charge in [0, 0.05) is 30.6 Å². The largest absolute Gasteiger partial charge is 0.366 e. The molecule has 1 aliphatic heterocycles. The van der Waals surface area contributed by atoms with E-state index in [0.29, 0.717) is 20.4 Å². The molecule has 2 heterocycles. The topological polar surface area (TPSA) is 96.3 Å². The lowest BCUT2D eigenvalue weighted by molar-refractivity contribution is -0.384. The van der Waals surface area contributed by atoms with E-state index in [9.17, 15) is 19.7 Å². The molecule has 0 radical (unpaired) electrons. The molecular formula is C20H23N3O4S. The zero-order valence-corrected chi connectivity index (χ0v) is 17.0. The number of nitro benzene ring substituents is 1. The summed E-state index contributed by atoms with van der Waals surface area (Å²) >= 11 is 1.16. The lowest BCUT2D eigenvalue weighted by Crippen LogP contribution is -2.22. The molecule has 0 unspecified atom stereocenters. The Kier molecular flexibility index (Phi) is 5.51. The summed E-state index contributed by atoms with van der Waals surface area (Å²) in [6.07, 6.45) is 5.11. The number of thiazole rings is 1. The van der Waals surface area contributed by atoms with Crippen molar-refractivity contribution in [2.75, 3.05) is 18.0 Å². The minimum absolute atomic E-state index is 0.0401. The van der Waals surface area contributed by atoms with Crippen LogP contribution in [0.5, 0.6) is 0 Å². The summed E-state index contributed by atoms with van der Waals surface area (Å²) in [5.74, 6) is -0.0813. The molecule has 148 valence electrons. The van der Waals surface area contributed by atoms with Gasteiger partial charge in [0.05, 0.1) is 14.1 Å². The van der Waals surface area contributed by atoms with Gasteiger partial charge in [0.25, 0.3) is 11.2 Å². The van der Waals surface area contributed by atoms with Crippen molar-refractivity contribution >= 4 is 40.6 Å². The molecule has 3 rings (SSSR count). The summed E-state index contributed by atoms with van der Waals surface area (Å²) in [5.41, 5.74) is 0.388. The first-order valence-corrected chi connectivity index (χ1v) is 9.97. The van der Waals surface area contributed by atoms with Gasteiger partial charge in [-0.05, 0) is 30.5 Å². The fourth-order valence-corrected chi connectivity index (χ4v) is 3.90. The molecule has 1 N–H and O–H groups in total. The molecule has 1 aliphatic rings. The predicted molar refractivity (Wildman–Crippen MR) is 111 cm³/mol. The number of Topliss-reactive ketones (excluding diaryl/α,β-unsaturated/α-hetero) is 1. The van der Waals surface area contributed by atoms with E-state index in [2.05, 4.69) is 4.98 Å². The zero-order valence-electron chi connectivity index (χ0n) is 16.2. The van der Waals surface area contributed by atoms with Crippen molar-refractivity contribution in [3.63, 3.8) is 0 Å². The molecular weight excluding hydrogens is 378 g/mol. The van der Waals surface area contributed by atoms with Crippen molar-refractivity contribution in [2.45, 2.75) is 33.6 Å². The number of carbonyl (C=O) groups excluding carboxylic acids is 1. The molecule has 0 amide bonds. The summed E-state index contributed by atoms with van der Waals surface area (Å²) < 4.78 is 0.871. The third-order valence-corrected chi connectivity index (χ3v) is 5.59. The Morgan fingerprint density at radius 2 is 1.96 bits per heavy atom. The monoisotopic (exact) mass is 401 g/mol. The number of aromatic nitrogens is 1. The number of hydrogen-bond acceptors (Lipinski definition) is 6. The van der Waals surface area contributed by atoms with Crippen molar-refractivity contribution in [3.05, 3.63) is 53.4 Å². The second kappa shape index (κ2) is 7.71. The number of aromatic amines is 1. The van der Waals surface area contributed by atoms with Crippen LogP contribution in [0.15, 0.2) is 23.0 Å². The van der Waals surface area contributed by atoms with Crippen LogP contribution in [0.25, 0.3) is 12.2 Å². The van der Waals surface area contributed by atoms with Gasteiger partial charge in [0.1, 0.15) is 5.69 Å². The van der Waals surface area contributed by atoms with Gasteiger partial charge >= 0.3 is 0 Å². The second-order valence-electron chi connectivity index (χ2n) is 7.89. The predicted octanol–water partition coefficient (Wildman–Crippen LogP) is 2.17. The molecule has 28 heavy (non-hydrogen) atoms. The average Bonchev–Trinajstić information content (AvgIpc) is 3.24. The van der Waals surface area contributed by atoms with Gasteiger partial charge < -0.3 is 9.88 Å². The third-order valence-electron chi connectivity index (χ3n) is 4.62. The maximum absolute atomic E-state index is 12.2. The highest BCUT2D eigenvalue weighted by Crippen LogP contribution is 2.31. The number of H-pyrrole nitrogens is 1. The van der Waals surface area contributed by atoms with Crippen LogP contribution in [0, 0.1) is 15.5 Å². The molecule has 0 bridgehead atoms. The summed E-state index contributed by atoms with van der Waals surface area (Å²) in [5, 5.41) is 11.5. The normalized spacial score (nSPS) is 16.0. The summed E-state index contributed by atoms with van der Waals surface area (Å²) in [6, 6.07) is 5.02. The maximum atomic E-state index is 12.2.